The van der Waals surface area contributed by atoms with Crippen molar-refractivity contribution in [2.24, 2.45) is 5.41 Å². The molecular formula is C13H21N3O2. The minimum absolute atomic E-state index is 0.481. The van der Waals surface area contributed by atoms with E-state index < -0.39 is 11.4 Å². The van der Waals surface area contributed by atoms with Gasteiger partial charge in [-0.1, -0.05) is 32.6 Å². The Bertz CT molecular complexity index is 406. The van der Waals surface area contributed by atoms with E-state index >= 15 is 0 Å². The summed E-state index contributed by atoms with van der Waals surface area (Å²) in [5, 5.41) is 16.5. The molecule has 5 heteroatoms. The number of hydrogen-bond acceptors (Lipinski definition) is 3. The highest BCUT2D eigenvalue weighted by Gasteiger charge is 2.39. The van der Waals surface area contributed by atoms with Crippen LogP contribution in [0.25, 0.3) is 0 Å². The summed E-state index contributed by atoms with van der Waals surface area (Å²) in [5.74, 6) is 0.800. The second-order valence-electron chi connectivity index (χ2n) is 5.23. The molecule has 0 aromatic carbocycles. The van der Waals surface area contributed by atoms with Crippen LogP contribution in [-0.4, -0.2) is 26.3 Å². The number of hydrogen-bond donors (Lipinski definition) is 2. The molecule has 100 valence electrons. The Kier molecular flexibility index (Phi) is 3.99. The molecule has 0 aliphatic heterocycles. The summed E-state index contributed by atoms with van der Waals surface area (Å²) in [6.45, 7) is 1.99. The molecule has 0 saturated heterocycles. The van der Waals surface area contributed by atoms with Crippen molar-refractivity contribution in [3.63, 3.8) is 0 Å². The second-order valence-corrected chi connectivity index (χ2v) is 5.23. The van der Waals surface area contributed by atoms with Crippen LogP contribution in [0.4, 0.5) is 0 Å². The third-order valence-corrected chi connectivity index (χ3v) is 3.91. The van der Waals surface area contributed by atoms with Crippen LogP contribution in [0, 0.1) is 5.41 Å². The summed E-state index contributed by atoms with van der Waals surface area (Å²) >= 11 is 0. The summed E-state index contributed by atoms with van der Waals surface area (Å²) in [6.07, 6.45) is 7.06. The van der Waals surface area contributed by atoms with Crippen molar-refractivity contribution in [1.82, 2.24) is 15.2 Å². The van der Waals surface area contributed by atoms with E-state index in [4.69, 9.17) is 0 Å². The highest BCUT2D eigenvalue weighted by atomic mass is 16.4. The van der Waals surface area contributed by atoms with Crippen molar-refractivity contribution in [3.8, 4) is 0 Å². The summed E-state index contributed by atoms with van der Waals surface area (Å²) in [5.41, 5.74) is -0.638. The average molecular weight is 251 g/mol. The summed E-state index contributed by atoms with van der Waals surface area (Å²) in [6, 6.07) is 0. The van der Waals surface area contributed by atoms with Crippen LogP contribution in [0.5, 0.6) is 0 Å². The number of nitrogens with one attached hydrogen (secondary N) is 1. The van der Waals surface area contributed by atoms with Gasteiger partial charge in [0.05, 0.1) is 5.41 Å². The van der Waals surface area contributed by atoms with E-state index in [1.807, 2.05) is 6.92 Å². The smallest absolute Gasteiger partial charge is 0.310 e. The topological polar surface area (TPSA) is 78.9 Å². The fraction of sp³-hybridized carbons (Fsp3) is 0.769. The molecule has 1 heterocycles. The Balaban J connectivity index is 2.16. The normalized spacial score (nSPS) is 19.4. The minimum Gasteiger partial charge on any atom is -0.481 e. The van der Waals surface area contributed by atoms with Gasteiger partial charge < -0.3 is 5.11 Å². The van der Waals surface area contributed by atoms with Gasteiger partial charge in [0.2, 0.25) is 0 Å². The fourth-order valence-electron chi connectivity index (χ4n) is 2.76. The van der Waals surface area contributed by atoms with Gasteiger partial charge >= 0.3 is 5.97 Å². The van der Waals surface area contributed by atoms with Gasteiger partial charge in [0.1, 0.15) is 11.6 Å². The van der Waals surface area contributed by atoms with Crippen molar-refractivity contribution >= 4 is 5.97 Å². The third-order valence-electron chi connectivity index (χ3n) is 3.91. The molecule has 1 fully saturated rings. The molecule has 1 saturated carbocycles. The van der Waals surface area contributed by atoms with Gasteiger partial charge in [-0.05, 0) is 12.8 Å². The lowest BCUT2D eigenvalue weighted by Gasteiger charge is -2.26. The first-order valence-corrected chi connectivity index (χ1v) is 6.80. The number of aromatic amines is 1. The minimum atomic E-state index is -0.682. The molecule has 1 aromatic heterocycles. The van der Waals surface area contributed by atoms with E-state index in [-0.39, 0.29) is 0 Å². The van der Waals surface area contributed by atoms with E-state index in [0.29, 0.717) is 6.42 Å². The van der Waals surface area contributed by atoms with Gasteiger partial charge in [-0.3, -0.25) is 9.89 Å². The van der Waals surface area contributed by atoms with Crippen LogP contribution in [0.15, 0.2) is 0 Å². The number of carbonyl (C=O) groups is 1. The van der Waals surface area contributed by atoms with Gasteiger partial charge in [0.15, 0.2) is 0 Å². The monoisotopic (exact) mass is 251 g/mol. The molecule has 2 N–H and O–H groups in total. The van der Waals surface area contributed by atoms with Gasteiger partial charge in [-0.25, -0.2) is 4.98 Å². The molecular weight excluding hydrogens is 230 g/mol. The lowest BCUT2D eigenvalue weighted by Crippen LogP contribution is -2.33. The first kappa shape index (κ1) is 13.1. The number of H-pyrrole nitrogens is 1. The van der Waals surface area contributed by atoms with Crippen molar-refractivity contribution < 1.29 is 9.90 Å². The maximum absolute atomic E-state index is 11.6. The Morgan fingerprint density at radius 3 is 2.50 bits per heavy atom. The lowest BCUT2D eigenvalue weighted by atomic mass is 9.77. The maximum Gasteiger partial charge on any atom is 0.310 e. The van der Waals surface area contributed by atoms with Crippen LogP contribution in [-0.2, 0) is 17.6 Å². The number of rotatable bonds is 4. The maximum atomic E-state index is 11.6. The van der Waals surface area contributed by atoms with E-state index in [0.717, 1.165) is 56.6 Å². The van der Waals surface area contributed by atoms with Crippen molar-refractivity contribution in [2.45, 2.75) is 58.3 Å². The molecule has 0 amide bonds. The Morgan fingerprint density at radius 1 is 1.33 bits per heavy atom. The summed E-state index contributed by atoms with van der Waals surface area (Å²) in [7, 11) is 0. The number of nitrogens with zero attached hydrogens (tertiary/aromatic N) is 2. The zero-order valence-electron chi connectivity index (χ0n) is 10.9. The molecule has 0 bridgehead atoms. The third kappa shape index (κ3) is 2.71. The predicted octanol–water partition coefficient (Wildman–Crippen LogP) is 2.33. The van der Waals surface area contributed by atoms with Crippen molar-refractivity contribution in [2.75, 3.05) is 0 Å². The first-order chi connectivity index (χ1) is 8.66. The molecule has 1 aliphatic carbocycles. The van der Waals surface area contributed by atoms with E-state index in [2.05, 4.69) is 15.2 Å². The van der Waals surface area contributed by atoms with Crippen LogP contribution < -0.4 is 0 Å². The predicted molar refractivity (Wildman–Crippen MR) is 67.2 cm³/mol. The number of aryl methyl sites for hydroxylation is 1. The summed E-state index contributed by atoms with van der Waals surface area (Å²) in [4.78, 5) is 16.0. The van der Waals surface area contributed by atoms with Crippen molar-refractivity contribution in [3.05, 3.63) is 11.6 Å². The zero-order chi connectivity index (χ0) is 13.0. The van der Waals surface area contributed by atoms with Crippen LogP contribution in [0.1, 0.15) is 57.1 Å². The number of aromatic nitrogens is 3. The fourth-order valence-corrected chi connectivity index (χ4v) is 2.76. The van der Waals surface area contributed by atoms with Gasteiger partial charge in [0.25, 0.3) is 0 Å². The van der Waals surface area contributed by atoms with E-state index in [1.165, 1.54) is 0 Å². The first-order valence-electron chi connectivity index (χ1n) is 6.80. The zero-order valence-corrected chi connectivity index (χ0v) is 10.9. The number of carboxylic acids is 1. The van der Waals surface area contributed by atoms with Gasteiger partial charge in [-0.2, -0.15) is 5.10 Å². The molecule has 0 atom stereocenters. The lowest BCUT2D eigenvalue weighted by molar-refractivity contribution is -0.150. The Morgan fingerprint density at radius 2 is 2.00 bits per heavy atom. The molecule has 18 heavy (non-hydrogen) atoms. The average Bonchev–Trinajstić information content (AvgIpc) is 2.66. The highest BCUT2D eigenvalue weighted by Crippen LogP contribution is 2.37. The number of carboxylic acid groups (broad SMARTS) is 1. The Labute approximate surface area is 107 Å². The van der Waals surface area contributed by atoms with Crippen LogP contribution in [0.3, 0.4) is 0 Å². The number of aliphatic carboxylic acids is 1. The molecule has 1 aromatic rings. The molecule has 1 aliphatic rings. The molecule has 0 unspecified atom stereocenters. The van der Waals surface area contributed by atoms with Crippen LogP contribution in [0.2, 0.25) is 0 Å². The SMILES string of the molecule is CCc1n[nH]c(CC2(C(=O)O)CCCCCC2)n1. The molecule has 0 radical (unpaired) electrons. The van der Waals surface area contributed by atoms with Crippen LogP contribution >= 0.6 is 0 Å². The highest BCUT2D eigenvalue weighted by molar-refractivity contribution is 5.75. The van der Waals surface area contributed by atoms with E-state index in [1.54, 1.807) is 0 Å². The van der Waals surface area contributed by atoms with E-state index in [9.17, 15) is 9.90 Å². The summed E-state index contributed by atoms with van der Waals surface area (Å²) < 4.78 is 0. The second kappa shape index (κ2) is 5.50. The largest absolute Gasteiger partial charge is 0.481 e. The molecule has 0 spiro atoms. The quantitative estimate of drug-likeness (QED) is 0.805. The molecule has 2 rings (SSSR count). The van der Waals surface area contributed by atoms with Gasteiger partial charge in [0, 0.05) is 12.8 Å². The Hall–Kier alpha value is -1.39. The van der Waals surface area contributed by atoms with Crippen molar-refractivity contribution in [1.29, 1.82) is 0 Å². The molecule has 5 nitrogen and oxygen atoms in total. The van der Waals surface area contributed by atoms with Gasteiger partial charge in [-0.15, -0.1) is 0 Å². The standard InChI is InChI=1S/C13H21N3O2/c1-2-10-14-11(16-15-10)9-13(12(17)18)7-5-3-4-6-8-13/h2-9H2,1H3,(H,17,18)(H,14,15,16).